The molecule has 35 heavy (non-hydrogen) atoms. The number of hydrogen-bond donors (Lipinski definition) is 1. The number of nitrogens with zero attached hydrogens (tertiary/aromatic N) is 3. The van der Waals surface area contributed by atoms with Gasteiger partial charge in [0, 0.05) is 44.3 Å². The molecule has 1 aliphatic rings. The lowest BCUT2D eigenvalue weighted by Crippen LogP contribution is -2.43. The summed E-state index contributed by atoms with van der Waals surface area (Å²) in [6.45, 7) is 4.83. The van der Waals surface area contributed by atoms with E-state index in [0.29, 0.717) is 19.7 Å². The van der Waals surface area contributed by atoms with Crippen molar-refractivity contribution in [2.24, 2.45) is 0 Å². The summed E-state index contributed by atoms with van der Waals surface area (Å²) in [5.74, 6) is -0.824. The minimum atomic E-state index is -0.543. The molecule has 0 spiro atoms. The molecular formula is C27H38N4O4. The van der Waals surface area contributed by atoms with Crippen molar-refractivity contribution in [1.82, 2.24) is 19.8 Å². The van der Waals surface area contributed by atoms with Crippen LogP contribution in [0, 0.1) is 0 Å². The summed E-state index contributed by atoms with van der Waals surface area (Å²) in [4.78, 5) is 46.2. The van der Waals surface area contributed by atoms with Crippen molar-refractivity contribution in [1.29, 1.82) is 0 Å². The molecule has 0 unspecified atom stereocenters. The molecule has 190 valence electrons. The number of carbonyl (C=O) groups is 2. The molecule has 1 N–H and O–H groups in total. The molecule has 0 aromatic carbocycles. The Morgan fingerprint density at radius 3 is 2.43 bits per heavy atom. The summed E-state index contributed by atoms with van der Waals surface area (Å²) in [6.07, 6.45) is 12.3. The summed E-state index contributed by atoms with van der Waals surface area (Å²) in [6, 6.07) is 5.49. The van der Waals surface area contributed by atoms with E-state index in [0.717, 1.165) is 31.4 Å². The highest BCUT2D eigenvalue weighted by molar-refractivity contribution is 5.99. The van der Waals surface area contributed by atoms with Gasteiger partial charge in [-0.05, 0) is 38.8 Å². The molecule has 8 heteroatoms. The van der Waals surface area contributed by atoms with Crippen LogP contribution in [0.5, 0.6) is 0 Å². The van der Waals surface area contributed by atoms with Gasteiger partial charge in [0.05, 0.1) is 18.8 Å². The van der Waals surface area contributed by atoms with Crippen LogP contribution >= 0.6 is 0 Å². The first-order valence-electron chi connectivity index (χ1n) is 12.7. The minimum Gasteiger partial charge on any atom is -0.383 e. The van der Waals surface area contributed by atoms with Crippen LogP contribution in [0.15, 0.2) is 41.6 Å². The van der Waals surface area contributed by atoms with Crippen LogP contribution < -0.4 is 10.7 Å². The summed E-state index contributed by atoms with van der Waals surface area (Å²) >= 11 is 0. The SMILES string of the molecule is COCCN(C(=O)c1cn(Cc2ccccn2)cc(C(=O)NC2CCCCCCC2)c1=O)C(C)C. The number of methoxy groups -OCH3 is 1. The molecule has 2 aromatic rings. The lowest BCUT2D eigenvalue weighted by Gasteiger charge is -2.27. The van der Waals surface area contributed by atoms with Crippen molar-refractivity contribution in [3.63, 3.8) is 0 Å². The third-order valence-corrected chi connectivity index (χ3v) is 6.49. The molecule has 0 radical (unpaired) electrons. The highest BCUT2D eigenvalue weighted by Crippen LogP contribution is 2.17. The van der Waals surface area contributed by atoms with E-state index >= 15 is 0 Å². The van der Waals surface area contributed by atoms with Gasteiger partial charge in [-0.1, -0.05) is 38.2 Å². The van der Waals surface area contributed by atoms with Gasteiger partial charge in [-0.25, -0.2) is 0 Å². The topological polar surface area (TPSA) is 93.5 Å². The zero-order valence-electron chi connectivity index (χ0n) is 21.2. The van der Waals surface area contributed by atoms with E-state index in [9.17, 15) is 14.4 Å². The molecule has 0 saturated heterocycles. The maximum Gasteiger partial charge on any atom is 0.259 e. The number of aromatic nitrogens is 2. The van der Waals surface area contributed by atoms with Crippen LogP contribution in [-0.4, -0.2) is 58.6 Å². The smallest absolute Gasteiger partial charge is 0.259 e. The van der Waals surface area contributed by atoms with Crippen molar-refractivity contribution >= 4 is 11.8 Å². The maximum atomic E-state index is 13.5. The van der Waals surface area contributed by atoms with E-state index in [4.69, 9.17) is 4.74 Å². The zero-order valence-corrected chi connectivity index (χ0v) is 21.2. The predicted octanol–water partition coefficient (Wildman–Crippen LogP) is 3.63. The van der Waals surface area contributed by atoms with Gasteiger partial charge in [0.2, 0.25) is 5.43 Å². The average Bonchev–Trinajstić information content (AvgIpc) is 2.82. The standard InChI is InChI=1S/C27H38N4O4/c1-20(2)31(15-16-35-3)27(34)24-19-30(17-22-13-9-10-14-28-22)18-23(25(24)32)26(33)29-21-11-7-5-4-6-8-12-21/h9-10,13-14,18-21H,4-8,11-12,15-17H2,1-3H3,(H,29,33). The highest BCUT2D eigenvalue weighted by atomic mass is 16.5. The van der Waals surface area contributed by atoms with Crippen LogP contribution in [0.25, 0.3) is 0 Å². The van der Waals surface area contributed by atoms with E-state index in [1.165, 1.54) is 25.5 Å². The second-order valence-corrected chi connectivity index (χ2v) is 9.51. The third kappa shape index (κ3) is 7.49. The van der Waals surface area contributed by atoms with Gasteiger partial charge in [0.1, 0.15) is 11.1 Å². The van der Waals surface area contributed by atoms with Crippen molar-refractivity contribution < 1.29 is 14.3 Å². The molecule has 1 aliphatic carbocycles. The molecule has 8 nitrogen and oxygen atoms in total. The van der Waals surface area contributed by atoms with Crippen LogP contribution in [-0.2, 0) is 11.3 Å². The zero-order chi connectivity index (χ0) is 25.2. The first-order valence-corrected chi connectivity index (χ1v) is 12.7. The normalized spacial score (nSPS) is 14.9. The largest absolute Gasteiger partial charge is 0.383 e. The lowest BCUT2D eigenvalue weighted by atomic mass is 9.96. The van der Waals surface area contributed by atoms with Gasteiger partial charge < -0.3 is 19.5 Å². The summed E-state index contributed by atoms with van der Waals surface area (Å²) in [7, 11) is 1.57. The Balaban J connectivity index is 1.96. The maximum absolute atomic E-state index is 13.5. The van der Waals surface area contributed by atoms with Crippen molar-refractivity contribution in [2.75, 3.05) is 20.3 Å². The lowest BCUT2D eigenvalue weighted by molar-refractivity contribution is 0.0632. The monoisotopic (exact) mass is 482 g/mol. The summed E-state index contributed by atoms with van der Waals surface area (Å²) < 4.78 is 6.86. The Hall–Kier alpha value is -3.00. The van der Waals surface area contributed by atoms with Crippen molar-refractivity contribution in [3.05, 3.63) is 63.8 Å². The van der Waals surface area contributed by atoms with Crippen molar-refractivity contribution in [3.8, 4) is 0 Å². The van der Waals surface area contributed by atoms with Gasteiger partial charge in [-0.2, -0.15) is 0 Å². The van der Waals surface area contributed by atoms with Crippen LogP contribution in [0.1, 0.15) is 85.2 Å². The van der Waals surface area contributed by atoms with Crippen LogP contribution in [0.3, 0.4) is 0 Å². The second-order valence-electron chi connectivity index (χ2n) is 9.51. The molecule has 2 heterocycles. The fourth-order valence-corrected chi connectivity index (χ4v) is 4.52. The minimum absolute atomic E-state index is 0.00992. The summed E-state index contributed by atoms with van der Waals surface area (Å²) in [5.41, 5.74) is 0.194. The van der Waals surface area contributed by atoms with E-state index in [1.54, 1.807) is 29.0 Å². The molecule has 0 atom stereocenters. The fraction of sp³-hybridized carbons (Fsp3) is 0.556. The van der Waals surface area contributed by atoms with E-state index in [2.05, 4.69) is 10.3 Å². The van der Waals surface area contributed by atoms with E-state index < -0.39 is 17.2 Å². The van der Waals surface area contributed by atoms with Gasteiger partial charge in [0.25, 0.3) is 11.8 Å². The van der Waals surface area contributed by atoms with Gasteiger partial charge in [-0.15, -0.1) is 0 Å². The van der Waals surface area contributed by atoms with E-state index in [-0.39, 0.29) is 23.2 Å². The molecule has 0 aliphatic heterocycles. The predicted molar refractivity (Wildman–Crippen MR) is 136 cm³/mol. The Labute approximate surface area is 207 Å². The van der Waals surface area contributed by atoms with Gasteiger partial charge in [0.15, 0.2) is 0 Å². The Bertz CT molecular complexity index is 1030. The summed E-state index contributed by atoms with van der Waals surface area (Å²) in [5, 5.41) is 3.07. The van der Waals surface area contributed by atoms with E-state index in [1.807, 2.05) is 32.0 Å². The molecular weight excluding hydrogens is 444 g/mol. The number of hydrogen-bond acceptors (Lipinski definition) is 5. The Morgan fingerprint density at radius 1 is 1.11 bits per heavy atom. The number of amides is 2. The first-order chi connectivity index (χ1) is 16.9. The highest BCUT2D eigenvalue weighted by Gasteiger charge is 2.26. The Morgan fingerprint density at radius 2 is 1.80 bits per heavy atom. The molecule has 1 fully saturated rings. The Kier molecular flexibility index (Phi) is 10.0. The molecule has 0 bridgehead atoms. The number of ether oxygens (including phenoxy) is 1. The molecule has 1 saturated carbocycles. The second kappa shape index (κ2) is 13.2. The van der Waals surface area contributed by atoms with Gasteiger partial charge >= 0.3 is 0 Å². The number of pyridine rings is 2. The molecule has 2 amide bonds. The first kappa shape index (κ1) is 26.6. The number of carbonyl (C=O) groups excluding carboxylic acids is 2. The van der Waals surface area contributed by atoms with Crippen molar-refractivity contribution in [2.45, 2.75) is 77.4 Å². The molecule has 3 rings (SSSR count). The fourth-order valence-electron chi connectivity index (χ4n) is 4.52. The molecule has 2 aromatic heterocycles. The van der Waals surface area contributed by atoms with Crippen LogP contribution in [0.2, 0.25) is 0 Å². The number of nitrogens with one attached hydrogen (secondary N) is 1. The van der Waals surface area contributed by atoms with Crippen LogP contribution in [0.4, 0.5) is 0 Å². The van der Waals surface area contributed by atoms with Gasteiger partial charge in [-0.3, -0.25) is 19.4 Å². The average molecular weight is 483 g/mol. The third-order valence-electron chi connectivity index (χ3n) is 6.49. The number of rotatable bonds is 9. The quantitative estimate of drug-likeness (QED) is 0.589.